The first kappa shape index (κ1) is 21.4. The summed E-state index contributed by atoms with van der Waals surface area (Å²) < 4.78 is 6.01. The quantitative estimate of drug-likeness (QED) is 0.602. The number of hydrogen-bond donors (Lipinski definition) is 1. The average Bonchev–Trinajstić information content (AvgIpc) is 3.06. The zero-order chi connectivity index (χ0) is 20.6. The molecule has 4 nitrogen and oxygen atoms in total. The number of ether oxygens (including phenoxy) is 1. The molecule has 160 valence electrons. The largest absolute Gasteiger partial charge is 0.457 e. The Balaban J connectivity index is 0.00000231. The number of rotatable bonds is 3. The molecular weight excluding hydrogens is 408 g/mol. The first-order valence-corrected chi connectivity index (χ1v) is 10.6. The van der Waals surface area contributed by atoms with E-state index < -0.39 is 0 Å². The Morgan fingerprint density at radius 2 is 1.55 bits per heavy atom. The second kappa shape index (κ2) is 8.74. The minimum atomic E-state index is 0. The fourth-order valence-corrected chi connectivity index (χ4v) is 4.98. The van der Waals surface area contributed by atoms with Crippen LogP contribution in [0.4, 0.5) is 0 Å². The van der Waals surface area contributed by atoms with Crippen molar-refractivity contribution in [2.75, 3.05) is 13.1 Å². The smallest absolute Gasteiger partial charge is 0.257 e. The molecule has 1 atom stereocenters. The summed E-state index contributed by atoms with van der Waals surface area (Å²) in [5.74, 6) is 1.35. The summed E-state index contributed by atoms with van der Waals surface area (Å²) in [5.41, 5.74) is 10.00. The normalized spacial score (nSPS) is 18.9. The first-order chi connectivity index (χ1) is 14.7. The Labute approximate surface area is 189 Å². The molecule has 2 N–H and O–H groups in total. The third kappa shape index (κ3) is 3.93. The van der Waals surface area contributed by atoms with E-state index in [0.717, 1.165) is 38.1 Å². The summed E-state index contributed by atoms with van der Waals surface area (Å²) in [6.45, 7) is 1.44. The van der Waals surface area contributed by atoms with E-state index in [-0.39, 0.29) is 29.8 Å². The van der Waals surface area contributed by atoms with Crippen LogP contribution >= 0.6 is 12.4 Å². The van der Waals surface area contributed by atoms with Crippen molar-refractivity contribution in [2.45, 2.75) is 25.3 Å². The molecule has 3 aromatic carbocycles. The van der Waals surface area contributed by atoms with E-state index in [1.54, 1.807) is 0 Å². The highest BCUT2D eigenvalue weighted by molar-refractivity contribution is 5.97. The van der Waals surface area contributed by atoms with Crippen molar-refractivity contribution in [1.82, 2.24) is 4.90 Å². The van der Waals surface area contributed by atoms with Crippen LogP contribution in [0.25, 0.3) is 0 Å². The molecule has 1 saturated heterocycles. The third-order valence-corrected chi connectivity index (χ3v) is 6.73. The van der Waals surface area contributed by atoms with Crippen LogP contribution in [0.1, 0.15) is 40.4 Å². The molecule has 1 amide bonds. The third-order valence-electron chi connectivity index (χ3n) is 6.73. The molecule has 1 spiro atoms. The summed E-state index contributed by atoms with van der Waals surface area (Å²) >= 11 is 0. The summed E-state index contributed by atoms with van der Waals surface area (Å²) in [4.78, 5) is 15.3. The van der Waals surface area contributed by atoms with Gasteiger partial charge in [0.1, 0.15) is 11.5 Å². The monoisotopic (exact) mass is 434 g/mol. The van der Waals surface area contributed by atoms with Crippen LogP contribution in [0, 0.1) is 5.41 Å². The van der Waals surface area contributed by atoms with Crippen molar-refractivity contribution in [3.8, 4) is 11.5 Å². The molecule has 0 aromatic heterocycles. The van der Waals surface area contributed by atoms with Crippen LogP contribution in [0.15, 0.2) is 78.9 Å². The molecule has 0 bridgehead atoms. The second-order valence-corrected chi connectivity index (χ2v) is 8.42. The number of halogens is 1. The topological polar surface area (TPSA) is 55.6 Å². The SMILES string of the molecule is Cl.N[C@@H]1c2ccccc2CC12CCN(C(=O)c1ccccc1Oc1ccccc1)CC2. The van der Waals surface area contributed by atoms with Gasteiger partial charge in [0.25, 0.3) is 5.91 Å². The number of para-hydroxylation sites is 2. The molecule has 0 radical (unpaired) electrons. The Morgan fingerprint density at radius 3 is 2.29 bits per heavy atom. The van der Waals surface area contributed by atoms with Crippen molar-refractivity contribution in [3.63, 3.8) is 0 Å². The number of amides is 1. The first-order valence-electron chi connectivity index (χ1n) is 10.6. The van der Waals surface area contributed by atoms with Gasteiger partial charge in [-0.3, -0.25) is 4.79 Å². The van der Waals surface area contributed by atoms with E-state index in [1.165, 1.54) is 11.1 Å². The molecular formula is C26H27ClN2O2. The fraction of sp³-hybridized carbons (Fsp3) is 0.269. The van der Waals surface area contributed by atoms with Crippen LogP contribution in [0.5, 0.6) is 11.5 Å². The molecule has 1 aliphatic heterocycles. The fourth-order valence-electron chi connectivity index (χ4n) is 4.98. The predicted octanol–water partition coefficient (Wildman–Crippen LogP) is 5.38. The number of benzene rings is 3. The highest BCUT2D eigenvalue weighted by Gasteiger charge is 2.46. The summed E-state index contributed by atoms with van der Waals surface area (Å²) in [6, 6.07) is 25.6. The van der Waals surface area contributed by atoms with Gasteiger partial charge in [-0.15, -0.1) is 12.4 Å². The van der Waals surface area contributed by atoms with Gasteiger partial charge in [-0.2, -0.15) is 0 Å². The van der Waals surface area contributed by atoms with Crippen molar-refractivity contribution in [1.29, 1.82) is 0 Å². The van der Waals surface area contributed by atoms with Crippen molar-refractivity contribution in [3.05, 3.63) is 95.6 Å². The average molecular weight is 435 g/mol. The molecule has 0 unspecified atom stereocenters. The number of nitrogens with zero attached hydrogens (tertiary/aromatic N) is 1. The lowest BCUT2D eigenvalue weighted by Gasteiger charge is -2.42. The minimum absolute atomic E-state index is 0. The van der Waals surface area contributed by atoms with Crippen LogP contribution in [-0.2, 0) is 6.42 Å². The maximum absolute atomic E-state index is 13.3. The van der Waals surface area contributed by atoms with Crippen LogP contribution < -0.4 is 10.5 Å². The van der Waals surface area contributed by atoms with Gasteiger partial charge in [0.05, 0.1) is 5.56 Å². The van der Waals surface area contributed by atoms with Gasteiger partial charge in [-0.1, -0.05) is 54.6 Å². The predicted molar refractivity (Wildman–Crippen MR) is 125 cm³/mol. The lowest BCUT2D eigenvalue weighted by Crippen LogP contribution is -2.46. The Bertz CT molecular complexity index is 1060. The number of fused-ring (bicyclic) bond motifs is 1. The molecule has 5 heteroatoms. The molecule has 0 saturated carbocycles. The van der Waals surface area contributed by atoms with Gasteiger partial charge in [0.15, 0.2) is 0 Å². The Kier molecular flexibility index (Phi) is 6.03. The zero-order valence-corrected chi connectivity index (χ0v) is 18.2. The van der Waals surface area contributed by atoms with E-state index >= 15 is 0 Å². The summed E-state index contributed by atoms with van der Waals surface area (Å²) in [5, 5.41) is 0. The highest BCUT2D eigenvalue weighted by atomic mass is 35.5. The van der Waals surface area contributed by atoms with Gasteiger partial charge in [0, 0.05) is 19.1 Å². The van der Waals surface area contributed by atoms with Crippen molar-refractivity contribution in [2.24, 2.45) is 11.1 Å². The lowest BCUT2D eigenvalue weighted by molar-refractivity contribution is 0.0539. The van der Waals surface area contributed by atoms with E-state index in [4.69, 9.17) is 10.5 Å². The van der Waals surface area contributed by atoms with Gasteiger partial charge >= 0.3 is 0 Å². The van der Waals surface area contributed by atoms with Crippen molar-refractivity contribution >= 4 is 18.3 Å². The lowest BCUT2D eigenvalue weighted by atomic mass is 9.73. The Morgan fingerprint density at radius 1 is 0.903 bits per heavy atom. The van der Waals surface area contributed by atoms with Crippen LogP contribution in [0.3, 0.4) is 0 Å². The molecule has 5 rings (SSSR count). The van der Waals surface area contributed by atoms with E-state index in [2.05, 4.69) is 24.3 Å². The second-order valence-electron chi connectivity index (χ2n) is 8.42. The van der Waals surface area contributed by atoms with E-state index in [0.29, 0.717) is 11.3 Å². The molecule has 3 aromatic rings. The maximum Gasteiger partial charge on any atom is 0.257 e. The summed E-state index contributed by atoms with van der Waals surface area (Å²) in [7, 11) is 0. The molecule has 2 aliphatic rings. The summed E-state index contributed by atoms with van der Waals surface area (Å²) in [6.07, 6.45) is 2.87. The molecule has 1 aliphatic carbocycles. The Hall–Kier alpha value is -2.82. The molecule has 1 heterocycles. The zero-order valence-electron chi connectivity index (χ0n) is 17.4. The van der Waals surface area contributed by atoms with Crippen LogP contribution in [-0.4, -0.2) is 23.9 Å². The van der Waals surface area contributed by atoms with Crippen LogP contribution in [0.2, 0.25) is 0 Å². The number of likely N-dealkylation sites (tertiary alicyclic amines) is 1. The minimum Gasteiger partial charge on any atom is -0.457 e. The standard InChI is InChI=1S/C26H26N2O2.ClH/c27-24-21-11-5-4-8-19(21)18-26(24)14-16-28(17-15-26)25(29)22-12-6-7-13-23(22)30-20-9-2-1-3-10-20;/h1-13,24H,14-18,27H2;1H/t24-;/m1./s1. The number of piperidine rings is 1. The van der Waals surface area contributed by atoms with Crippen molar-refractivity contribution < 1.29 is 9.53 Å². The van der Waals surface area contributed by atoms with Gasteiger partial charge < -0.3 is 15.4 Å². The van der Waals surface area contributed by atoms with Gasteiger partial charge in [-0.05, 0) is 60.1 Å². The van der Waals surface area contributed by atoms with Gasteiger partial charge in [0.2, 0.25) is 0 Å². The molecule has 1 fully saturated rings. The van der Waals surface area contributed by atoms with E-state index in [1.807, 2.05) is 59.5 Å². The maximum atomic E-state index is 13.3. The number of nitrogens with two attached hydrogens (primary N) is 1. The number of carbonyl (C=O) groups is 1. The number of carbonyl (C=O) groups excluding carboxylic acids is 1. The highest BCUT2D eigenvalue weighted by Crippen LogP contribution is 2.50. The van der Waals surface area contributed by atoms with E-state index in [9.17, 15) is 4.79 Å². The van der Waals surface area contributed by atoms with Gasteiger partial charge in [-0.25, -0.2) is 0 Å². The number of hydrogen-bond acceptors (Lipinski definition) is 3. The molecule has 31 heavy (non-hydrogen) atoms.